The summed E-state index contributed by atoms with van der Waals surface area (Å²) in [5.41, 5.74) is 3.25. The van der Waals surface area contributed by atoms with Gasteiger partial charge in [0.2, 0.25) is 0 Å². The van der Waals surface area contributed by atoms with Crippen molar-refractivity contribution in [3.05, 3.63) is 29.3 Å². The summed E-state index contributed by atoms with van der Waals surface area (Å²) in [6.07, 6.45) is 8.06. The van der Waals surface area contributed by atoms with Gasteiger partial charge in [-0.25, -0.2) is 0 Å². The lowest BCUT2D eigenvalue weighted by molar-refractivity contribution is 0.00271. The molecule has 4 rings (SSSR count). The zero-order valence-corrected chi connectivity index (χ0v) is 13.9. The maximum absolute atomic E-state index is 7.94. The van der Waals surface area contributed by atoms with Gasteiger partial charge in [-0.1, -0.05) is 25.8 Å². The molecule has 0 N–H and O–H groups in total. The van der Waals surface area contributed by atoms with E-state index in [0.29, 0.717) is 23.6 Å². The first-order valence-corrected chi connectivity index (χ1v) is 8.98. The van der Waals surface area contributed by atoms with Crippen molar-refractivity contribution in [1.82, 2.24) is 4.90 Å². The number of hydrogen-bond donors (Lipinski definition) is 0. The molecule has 3 atom stereocenters. The Labute approximate surface area is 137 Å². The molecule has 22 heavy (non-hydrogen) atoms. The van der Waals surface area contributed by atoms with Crippen molar-refractivity contribution in [2.45, 2.75) is 63.3 Å². The highest BCUT2D eigenvalue weighted by atomic mass is 16.5. The molecule has 2 fully saturated rings. The van der Waals surface area contributed by atoms with Gasteiger partial charge in [-0.05, 0) is 74.9 Å². The molecule has 1 aromatic carbocycles. The maximum Gasteiger partial charge on any atom is 0.119 e. The zero-order valence-electron chi connectivity index (χ0n) is 15.9. The Morgan fingerprint density at radius 1 is 1.36 bits per heavy atom. The highest BCUT2D eigenvalue weighted by Crippen LogP contribution is 2.55. The van der Waals surface area contributed by atoms with E-state index in [9.17, 15) is 0 Å². The number of likely N-dealkylation sites (tertiary alicyclic amines) is 1. The minimum atomic E-state index is -1.58. The Balaban J connectivity index is 1.76. The molecule has 2 aliphatic carbocycles. The van der Waals surface area contributed by atoms with Crippen molar-refractivity contribution in [2.75, 3.05) is 20.2 Å². The van der Waals surface area contributed by atoms with Crippen molar-refractivity contribution in [1.29, 1.82) is 0 Å². The van der Waals surface area contributed by atoms with Crippen LogP contribution in [-0.2, 0) is 11.8 Å². The Kier molecular flexibility index (Phi) is 3.14. The number of hydrogen-bond acceptors (Lipinski definition) is 2. The van der Waals surface area contributed by atoms with Gasteiger partial charge in [0.25, 0.3) is 0 Å². The minimum Gasteiger partial charge on any atom is -0.494 e. The first-order chi connectivity index (χ1) is 11.5. The third-order valence-electron chi connectivity index (χ3n) is 6.42. The highest BCUT2D eigenvalue weighted by Gasteiger charge is 2.53. The molecule has 0 unspecified atom stereocenters. The molecule has 1 aliphatic heterocycles. The van der Waals surface area contributed by atoms with E-state index in [0.717, 1.165) is 12.3 Å². The van der Waals surface area contributed by atoms with Gasteiger partial charge in [0.05, 0.1) is 9.30 Å². The summed E-state index contributed by atoms with van der Waals surface area (Å²) in [5, 5.41) is 0. The molecule has 0 amide bonds. The topological polar surface area (TPSA) is 12.5 Å². The fourth-order valence-corrected chi connectivity index (χ4v) is 5.39. The molecule has 1 aromatic rings. The van der Waals surface area contributed by atoms with E-state index in [1.54, 1.807) is 0 Å². The molecule has 1 heterocycles. The summed E-state index contributed by atoms with van der Waals surface area (Å²) in [4.78, 5) is 2.58. The van der Waals surface area contributed by atoms with Crippen molar-refractivity contribution < 1.29 is 7.48 Å². The normalized spacial score (nSPS) is 35.9. The van der Waals surface area contributed by atoms with Crippen LogP contribution in [-0.4, -0.2) is 31.1 Å². The molecule has 0 aromatic heterocycles. The fraction of sp³-hybridized carbons (Fsp3) is 0.700. The average Bonchev–Trinajstić information content (AvgIpc) is 2.58. The lowest BCUT2D eigenvalue weighted by Gasteiger charge is -2.58. The van der Waals surface area contributed by atoms with Gasteiger partial charge in [-0.2, -0.15) is 0 Å². The first kappa shape index (κ1) is 12.4. The van der Waals surface area contributed by atoms with Crippen LogP contribution in [0.2, 0.25) is 0 Å². The molecule has 3 aliphatic rings. The molecule has 2 heteroatoms. The molecule has 1 saturated carbocycles. The summed E-state index contributed by atoms with van der Waals surface area (Å²) in [5.74, 6) is 1.47. The van der Waals surface area contributed by atoms with Gasteiger partial charge in [-0.3, -0.25) is 0 Å². The Morgan fingerprint density at radius 3 is 3.14 bits per heavy atom. The molecular formula is C20H29NO. The van der Waals surface area contributed by atoms with Crippen LogP contribution in [0.3, 0.4) is 0 Å². The third-order valence-corrected chi connectivity index (χ3v) is 6.42. The molecule has 1 saturated heterocycles. The number of piperidine rings is 1. The van der Waals surface area contributed by atoms with Crippen LogP contribution in [0.4, 0.5) is 0 Å². The van der Waals surface area contributed by atoms with Gasteiger partial charge < -0.3 is 9.64 Å². The second-order valence-corrected chi connectivity index (χ2v) is 7.43. The number of likely N-dealkylation sites (N-methyl/N-ethyl adjacent to an activating group) is 1. The van der Waals surface area contributed by atoms with E-state index in [4.69, 9.17) is 7.48 Å². The summed E-state index contributed by atoms with van der Waals surface area (Å²) < 4.78 is 21.5. The zero-order chi connectivity index (χ0) is 16.9. The fourth-order valence-electron chi connectivity index (χ4n) is 5.39. The molecule has 2 nitrogen and oxygen atoms in total. The summed E-state index contributed by atoms with van der Waals surface area (Å²) in [6.45, 7) is 1.43. The van der Waals surface area contributed by atoms with Crippen molar-refractivity contribution >= 4 is 0 Å². The van der Waals surface area contributed by atoms with Crippen LogP contribution in [0.25, 0.3) is 0 Å². The minimum absolute atomic E-state index is 0.307. The predicted molar refractivity (Wildman–Crippen MR) is 90.6 cm³/mol. The van der Waals surface area contributed by atoms with Gasteiger partial charge in [0.1, 0.15) is 5.75 Å². The van der Waals surface area contributed by atoms with Crippen LogP contribution < -0.4 is 4.74 Å². The highest BCUT2D eigenvalue weighted by molar-refractivity contribution is 5.45. The quantitative estimate of drug-likeness (QED) is 0.831. The lowest BCUT2D eigenvalue weighted by Crippen LogP contribution is -2.59. The van der Waals surface area contributed by atoms with Gasteiger partial charge in [0, 0.05) is 11.5 Å². The van der Waals surface area contributed by atoms with Crippen molar-refractivity contribution in [2.24, 2.45) is 5.92 Å². The molecular weight excluding hydrogens is 270 g/mol. The van der Waals surface area contributed by atoms with E-state index in [2.05, 4.69) is 24.1 Å². The van der Waals surface area contributed by atoms with Crippen LogP contribution in [0, 0.1) is 5.92 Å². The molecule has 0 spiro atoms. The van der Waals surface area contributed by atoms with Crippen molar-refractivity contribution in [3.63, 3.8) is 0 Å². The summed E-state index contributed by atoms with van der Waals surface area (Å²) >= 11 is 0. The lowest BCUT2D eigenvalue weighted by atomic mass is 9.52. The second-order valence-electron chi connectivity index (χ2n) is 7.43. The van der Waals surface area contributed by atoms with E-state index in [1.807, 2.05) is 13.0 Å². The Hall–Kier alpha value is -1.02. The SMILES string of the molecule is [2H]C([2H])(CC)Oc1ccc2c(c1)[C@]13CCCC[C@@H]1[C@H](C2)N(C)CC3. The van der Waals surface area contributed by atoms with Crippen LogP contribution in [0.15, 0.2) is 18.2 Å². The van der Waals surface area contributed by atoms with Crippen LogP contribution >= 0.6 is 0 Å². The van der Waals surface area contributed by atoms with Gasteiger partial charge in [0.15, 0.2) is 0 Å². The van der Waals surface area contributed by atoms with Gasteiger partial charge >= 0.3 is 0 Å². The van der Waals surface area contributed by atoms with E-state index >= 15 is 0 Å². The molecule has 2 bridgehead atoms. The number of benzene rings is 1. The van der Waals surface area contributed by atoms with Gasteiger partial charge in [-0.15, -0.1) is 0 Å². The predicted octanol–water partition coefficient (Wildman–Crippen LogP) is 4.16. The standard InChI is InChI=1S/C20H29NO/c1-3-12-22-16-8-7-15-13-19-17-6-4-5-9-20(17,18(15)14-16)10-11-21(19)2/h7-8,14,17,19H,3-6,9-13H2,1-2H3/t17-,19+,20+/m1/s1/i12D2. The summed E-state index contributed by atoms with van der Waals surface area (Å²) in [7, 11) is 2.29. The largest absolute Gasteiger partial charge is 0.494 e. The number of rotatable bonds is 3. The molecule has 0 radical (unpaired) electrons. The number of ether oxygens (including phenoxy) is 1. The maximum atomic E-state index is 7.94. The van der Waals surface area contributed by atoms with Crippen molar-refractivity contribution in [3.8, 4) is 5.75 Å². The Bertz CT molecular complexity index is 632. The monoisotopic (exact) mass is 301 g/mol. The molecule has 120 valence electrons. The summed E-state index contributed by atoms with van der Waals surface area (Å²) in [6, 6.07) is 7.04. The average molecular weight is 301 g/mol. The smallest absolute Gasteiger partial charge is 0.119 e. The van der Waals surface area contributed by atoms with Crippen LogP contribution in [0.5, 0.6) is 5.75 Å². The first-order valence-electron chi connectivity index (χ1n) is 9.98. The second kappa shape index (κ2) is 5.56. The Morgan fingerprint density at radius 2 is 2.27 bits per heavy atom. The number of nitrogens with zero attached hydrogens (tertiary/aromatic N) is 1. The van der Waals surface area contributed by atoms with E-state index in [1.165, 1.54) is 49.8 Å². The van der Waals surface area contributed by atoms with Crippen LogP contribution in [0.1, 0.15) is 59.3 Å². The van der Waals surface area contributed by atoms with E-state index < -0.39 is 6.56 Å². The number of fused-ring (bicyclic) bond motifs is 1. The van der Waals surface area contributed by atoms with E-state index in [-0.39, 0.29) is 0 Å². The third kappa shape index (κ3) is 2.11.